The van der Waals surface area contributed by atoms with Crippen LogP contribution in [0.15, 0.2) is 70.6 Å². The first-order valence-corrected chi connectivity index (χ1v) is 13.6. The lowest BCUT2D eigenvalue weighted by atomic mass is 9.91. The summed E-state index contributed by atoms with van der Waals surface area (Å²) in [6.07, 6.45) is 5.82. The summed E-state index contributed by atoms with van der Waals surface area (Å²) in [6, 6.07) is 12.6. The van der Waals surface area contributed by atoms with Crippen LogP contribution in [0, 0.1) is 5.82 Å². The van der Waals surface area contributed by atoms with Gasteiger partial charge in [-0.2, -0.15) is 5.10 Å². The highest BCUT2D eigenvalue weighted by Crippen LogP contribution is 2.28. The minimum absolute atomic E-state index is 0.0905. The fraction of sp³-hybridized carbons (Fsp3) is 0.300. The normalized spacial score (nSPS) is 15.2. The van der Waals surface area contributed by atoms with E-state index in [9.17, 15) is 19.1 Å². The molecular weight excluding hydrogens is 541 g/mol. The minimum Gasteiger partial charge on any atom is -0.444 e. The number of aromatic nitrogens is 5. The van der Waals surface area contributed by atoms with Crippen molar-refractivity contribution in [1.82, 2.24) is 34.5 Å². The molecule has 11 nitrogen and oxygen atoms in total. The zero-order valence-corrected chi connectivity index (χ0v) is 23.0. The molecule has 2 N–H and O–H groups in total. The van der Waals surface area contributed by atoms with Gasteiger partial charge in [-0.3, -0.25) is 23.7 Å². The maximum absolute atomic E-state index is 14.8. The number of aryl methyl sites for hydroxylation is 1. The molecule has 0 aliphatic carbocycles. The topological polar surface area (TPSA) is 131 Å². The van der Waals surface area contributed by atoms with Crippen LogP contribution in [-0.2, 0) is 31.5 Å². The van der Waals surface area contributed by atoms with Crippen LogP contribution in [0.1, 0.15) is 24.0 Å². The number of carbonyl (C=O) groups is 1. The molecule has 216 valence electrons. The quantitative estimate of drug-likeness (QED) is 0.258. The van der Waals surface area contributed by atoms with Crippen LogP contribution in [0.2, 0.25) is 0 Å². The lowest BCUT2D eigenvalue weighted by Gasteiger charge is -2.38. The Hall–Kier alpha value is -4.68. The molecule has 12 heteroatoms. The summed E-state index contributed by atoms with van der Waals surface area (Å²) in [4.78, 5) is 34.5. The molecule has 1 amide bonds. The largest absolute Gasteiger partial charge is 0.444 e. The molecule has 0 radical (unpaired) electrons. The van der Waals surface area contributed by atoms with Crippen molar-refractivity contribution in [3.05, 3.63) is 88.7 Å². The molecule has 1 saturated heterocycles. The predicted molar refractivity (Wildman–Crippen MR) is 152 cm³/mol. The Morgan fingerprint density at radius 1 is 1.12 bits per heavy atom. The van der Waals surface area contributed by atoms with E-state index in [0.717, 1.165) is 11.1 Å². The molecular formula is C30H30FN7O4. The van der Waals surface area contributed by atoms with Gasteiger partial charge in [0.05, 0.1) is 30.4 Å². The van der Waals surface area contributed by atoms with Gasteiger partial charge in [0.15, 0.2) is 17.7 Å². The summed E-state index contributed by atoms with van der Waals surface area (Å²) >= 11 is 0. The van der Waals surface area contributed by atoms with E-state index in [1.165, 1.54) is 23.4 Å². The molecule has 0 atom stereocenters. The van der Waals surface area contributed by atoms with E-state index in [4.69, 9.17) is 4.42 Å². The molecule has 0 bridgehead atoms. The third-order valence-electron chi connectivity index (χ3n) is 7.84. The van der Waals surface area contributed by atoms with E-state index in [2.05, 4.69) is 25.3 Å². The van der Waals surface area contributed by atoms with Gasteiger partial charge in [-0.15, -0.1) is 0 Å². The van der Waals surface area contributed by atoms with Crippen LogP contribution in [-0.4, -0.2) is 59.4 Å². The molecule has 1 aliphatic heterocycles. The average molecular weight is 572 g/mol. The Bertz CT molecular complexity index is 1770. The van der Waals surface area contributed by atoms with Crippen molar-refractivity contribution in [3.63, 3.8) is 0 Å². The van der Waals surface area contributed by atoms with Crippen LogP contribution in [0.4, 0.5) is 4.39 Å². The number of hydrogen-bond donors (Lipinski definition) is 2. The molecule has 5 aromatic rings. The minimum atomic E-state index is -1.10. The van der Waals surface area contributed by atoms with E-state index < -0.39 is 5.60 Å². The molecule has 0 spiro atoms. The fourth-order valence-corrected chi connectivity index (χ4v) is 5.50. The van der Waals surface area contributed by atoms with E-state index in [1.54, 1.807) is 30.1 Å². The number of nitrogens with one attached hydrogen (secondary N) is 1. The standard InChI is InChI=1S/C30H30FN7O4/c1-36-28(21-4-2-20(3-5-21)13-32-18-39)26-27(35-36)29(40)38(17-34-26)16-30(41)8-10-37(11-9-30)15-23-7-6-22(12-24(23)31)25-14-33-19-42-25/h2-7,12,14,17-19,41H,8-11,13,15-16H2,1H3,(H,32,39). The molecule has 4 heterocycles. The summed E-state index contributed by atoms with van der Waals surface area (Å²) in [7, 11) is 1.76. The van der Waals surface area contributed by atoms with Gasteiger partial charge in [0.25, 0.3) is 5.56 Å². The first-order chi connectivity index (χ1) is 20.3. The highest BCUT2D eigenvalue weighted by Gasteiger charge is 2.33. The summed E-state index contributed by atoms with van der Waals surface area (Å²) in [6.45, 7) is 2.03. The van der Waals surface area contributed by atoms with Crippen LogP contribution in [0.3, 0.4) is 0 Å². The maximum atomic E-state index is 14.8. The first kappa shape index (κ1) is 27.5. The van der Waals surface area contributed by atoms with Gasteiger partial charge in [-0.1, -0.05) is 36.4 Å². The molecule has 42 heavy (non-hydrogen) atoms. The number of oxazole rings is 1. The van der Waals surface area contributed by atoms with Crippen molar-refractivity contribution < 1.29 is 18.7 Å². The molecule has 1 aliphatic rings. The number of amides is 1. The van der Waals surface area contributed by atoms with Crippen molar-refractivity contribution in [2.24, 2.45) is 7.05 Å². The smallest absolute Gasteiger partial charge is 0.281 e. The van der Waals surface area contributed by atoms with E-state index >= 15 is 0 Å². The van der Waals surface area contributed by atoms with Crippen molar-refractivity contribution in [2.75, 3.05) is 13.1 Å². The van der Waals surface area contributed by atoms with Gasteiger partial charge in [-0.25, -0.2) is 14.4 Å². The van der Waals surface area contributed by atoms with Crippen LogP contribution < -0.4 is 10.9 Å². The van der Waals surface area contributed by atoms with Gasteiger partial charge in [-0.05, 0) is 24.5 Å². The molecule has 6 rings (SSSR count). The number of piperidine rings is 1. The number of likely N-dealkylation sites (tertiary alicyclic amines) is 1. The van der Waals surface area contributed by atoms with Gasteiger partial charge >= 0.3 is 0 Å². The average Bonchev–Trinajstić information content (AvgIpc) is 3.65. The van der Waals surface area contributed by atoms with E-state index in [1.807, 2.05) is 24.3 Å². The second-order valence-electron chi connectivity index (χ2n) is 10.7. The number of fused-ring (bicyclic) bond motifs is 1. The fourth-order valence-electron chi connectivity index (χ4n) is 5.50. The second kappa shape index (κ2) is 11.3. The van der Waals surface area contributed by atoms with Gasteiger partial charge in [0.2, 0.25) is 6.41 Å². The summed E-state index contributed by atoms with van der Waals surface area (Å²) in [5, 5.41) is 18.5. The monoisotopic (exact) mass is 571 g/mol. The van der Waals surface area contributed by atoms with Crippen molar-refractivity contribution in [1.29, 1.82) is 0 Å². The Morgan fingerprint density at radius 3 is 2.57 bits per heavy atom. The van der Waals surface area contributed by atoms with Crippen LogP contribution in [0.5, 0.6) is 0 Å². The number of benzene rings is 2. The third kappa shape index (κ3) is 5.46. The number of halogens is 1. The third-order valence-corrected chi connectivity index (χ3v) is 7.84. The van der Waals surface area contributed by atoms with Crippen LogP contribution >= 0.6 is 0 Å². The summed E-state index contributed by atoms with van der Waals surface area (Å²) < 4.78 is 23.1. The number of hydrogen-bond acceptors (Lipinski definition) is 8. The van der Waals surface area contributed by atoms with Crippen molar-refractivity contribution in [2.45, 2.75) is 38.1 Å². The highest BCUT2D eigenvalue weighted by atomic mass is 19.1. The molecule has 0 saturated carbocycles. The number of nitrogens with zero attached hydrogens (tertiary/aromatic N) is 6. The van der Waals surface area contributed by atoms with Crippen molar-refractivity contribution >= 4 is 17.4 Å². The van der Waals surface area contributed by atoms with Gasteiger partial charge in [0.1, 0.15) is 11.3 Å². The number of aliphatic hydroxyl groups is 1. The lowest BCUT2D eigenvalue weighted by Crippen LogP contribution is -2.47. The molecule has 0 unspecified atom stereocenters. The zero-order chi connectivity index (χ0) is 29.3. The second-order valence-corrected chi connectivity index (χ2v) is 10.7. The zero-order valence-electron chi connectivity index (χ0n) is 23.0. The van der Waals surface area contributed by atoms with Gasteiger partial charge < -0.3 is 14.8 Å². The summed E-state index contributed by atoms with van der Waals surface area (Å²) in [5.41, 5.74) is 2.96. The molecule has 2 aromatic carbocycles. The Morgan fingerprint density at radius 2 is 1.88 bits per heavy atom. The van der Waals surface area contributed by atoms with Crippen LogP contribution in [0.25, 0.3) is 33.6 Å². The SMILES string of the molecule is Cn1nc2c(=O)n(CC3(O)CCN(Cc4ccc(-c5cnco5)cc4F)CC3)cnc2c1-c1ccc(CNC=O)cc1. The van der Waals surface area contributed by atoms with Crippen molar-refractivity contribution in [3.8, 4) is 22.6 Å². The lowest BCUT2D eigenvalue weighted by molar-refractivity contribution is -0.109. The molecule has 3 aromatic heterocycles. The van der Waals surface area contributed by atoms with E-state index in [0.29, 0.717) is 73.5 Å². The Labute approximate surface area is 240 Å². The predicted octanol–water partition coefficient (Wildman–Crippen LogP) is 2.86. The van der Waals surface area contributed by atoms with Gasteiger partial charge in [0, 0.05) is 49.9 Å². The van der Waals surface area contributed by atoms with E-state index in [-0.39, 0.29) is 23.4 Å². The number of carbonyl (C=O) groups excluding carboxylic acids is 1. The first-order valence-electron chi connectivity index (χ1n) is 13.6. The Balaban J connectivity index is 1.13. The summed E-state index contributed by atoms with van der Waals surface area (Å²) in [5.74, 6) is 0.184. The molecule has 1 fully saturated rings. The highest BCUT2D eigenvalue weighted by molar-refractivity contribution is 5.89. The maximum Gasteiger partial charge on any atom is 0.281 e. The number of rotatable bonds is 9. The Kier molecular flexibility index (Phi) is 7.40.